The number of nitrogens with zero attached hydrogens (tertiary/aromatic N) is 1. The van der Waals surface area contributed by atoms with E-state index in [0.717, 1.165) is 49.0 Å². The molecule has 1 aromatic carbocycles. The molecule has 0 unspecified atom stereocenters. The van der Waals surface area contributed by atoms with E-state index in [0.29, 0.717) is 0 Å². The van der Waals surface area contributed by atoms with Crippen LogP contribution in [-0.4, -0.2) is 23.0 Å². The largest absolute Gasteiger partial charge is 0.354 e. The number of hydrogen-bond acceptors (Lipinski definition) is 3. The summed E-state index contributed by atoms with van der Waals surface area (Å²) in [5.41, 5.74) is 2.47. The van der Waals surface area contributed by atoms with Gasteiger partial charge in [-0.2, -0.15) is 0 Å². The number of carbonyl (C=O) groups excluding carboxylic acids is 1. The van der Waals surface area contributed by atoms with Crippen LogP contribution in [0.15, 0.2) is 42.6 Å². The molecule has 24 heavy (non-hydrogen) atoms. The number of piperidine rings is 1. The molecular weight excluding hydrogens is 305 g/mol. The highest BCUT2D eigenvalue weighted by atomic mass is 19.1. The van der Waals surface area contributed by atoms with Crippen molar-refractivity contribution in [2.24, 2.45) is 0 Å². The molecule has 1 spiro atoms. The van der Waals surface area contributed by atoms with Crippen molar-refractivity contribution in [3.05, 3.63) is 54.1 Å². The van der Waals surface area contributed by atoms with E-state index in [9.17, 15) is 9.18 Å². The van der Waals surface area contributed by atoms with Gasteiger partial charge in [0.05, 0.1) is 17.3 Å². The van der Waals surface area contributed by atoms with Gasteiger partial charge in [-0.3, -0.25) is 15.1 Å². The predicted octanol–water partition coefficient (Wildman–Crippen LogP) is 2.96. The molecule has 2 aliphatic heterocycles. The van der Waals surface area contributed by atoms with Crippen LogP contribution in [0.5, 0.6) is 0 Å². The Bertz CT molecular complexity index is 761. The van der Waals surface area contributed by atoms with Gasteiger partial charge in [-0.15, -0.1) is 0 Å². The standard InChI is InChI=1S/C19H20FN3O/c20-15-4-2-13(3-5-15)14-7-11-21-17(12-14)16-6-9-19(23-16)8-1-10-22-18(19)24/h2-5,7,11-12,16,23H,1,6,8-10H2,(H,22,24)/t16-,19+/m0/s1. The minimum atomic E-state index is -0.434. The Balaban J connectivity index is 1.58. The van der Waals surface area contributed by atoms with Gasteiger partial charge < -0.3 is 5.32 Å². The summed E-state index contributed by atoms with van der Waals surface area (Å²) in [4.78, 5) is 16.8. The van der Waals surface area contributed by atoms with Crippen LogP contribution in [0.3, 0.4) is 0 Å². The summed E-state index contributed by atoms with van der Waals surface area (Å²) in [6, 6.07) is 10.5. The van der Waals surface area contributed by atoms with Crippen LogP contribution in [0.2, 0.25) is 0 Å². The minimum absolute atomic E-state index is 0.0780. The van der Waals surface area contributed by atoms with E-state index in [1.807, 2.05) is 12.1 Å². The summed E-state index contributed by atoms with van der Waals surface area (Å²) in [5, 5.41) is 6.50. The highest BCUT2D eigenvalue weighted by molar-refractivity contribution is 5.87. The van der Waals surface area contributed by atoms with Gasteiger partial charge in [0.1, 0.15) is 5.82 Å². The van der Waals surface area contributed by atoms with E-state index in [1.54, 1.807) is 18.3 Å². The molecule has 2 aliphatic rings. The molecule has 5 heteroatoms. The van der Waals surface area contributed by atoms with E-state index >= 15 is 0 Å². The molecule has 2 fully saturated rings. The summed E-state index contributed by atoms with van der Waals surface area (Å²) in [6.07, 6.45) is 5.41. The lowest BCUT2D eigenvalue weighted by Gasteiger charge is -2.33. The number of nitrogens with one attached hydrogen (secondary N) is 2. The normalized spacial score (nSPS) is 26.5. The molecule has 2 aromatic rings. The molecular formula is C19H20FN3O. The Morgan fingerprint density at radius 1 is 1.12 bits per heavy atom. The lowest BCUT2D eigenvalue weighted by Crippen LogP contribution is -2.57. The first-order chi connectivity index (χ1) is 11.7. The molecule has 0 radical (unpaired) electrons. The number of aromatic nitrogens is 1. The SMILES string of the molecule is O=C1NCCC[C@@]12CC[C@@H](c1cc(-c3ccc(F)cc3)ccn1)N2. The number of halogens is 1. The van der Waals surface area contributed by atoms with Gasteiger partial charge in [-0.1, -0.05) is 12.1 Å². The van der Waals surface area contributed by atoms with Crippen LogP contribution in [0.4, 0.5) is 4.39 Å². The maximum absolute atomic E-state index is 13.1. The fourth-order valence-corrected chi connectivity index (χ4v) is 3.80. The second kappa shape index (κ2) is 5.98. The van der Waals surface area contributed by atoms with Crippen molar-refractivity contribution in [2.75, 3.05) is 6.54 Å². The number of hydrogen-bond donors (Lipinski definition) is 2. The Labute approximate surface area is 140 Å². The molecule has 124 valence electrons. The Morgan fingerprint density at radius 2 is 1.96 bits per heavy atom. The van der Waals surface area contributed by atoms with Gasteiger partial charge in [-0.25, -0.2) is 4.39 Å². The van der Waals surface area contributed by atoms with E-state index in [1.165, 1.54) is 12.1 Å². The highest BCUT2D eigenvalue weighted by Gasteiger charge is 2.46. The van der Waals surface area contributed by atoms with Gasteiger partial charge in [0.25, 0.3) is 0 Å². The average molecular weight is 325 g/mol. The lowest BCUT2D eigenvalue weighted by molar-refractivity contribution is -0.129. The van der Waals surface area contributed by atoms with Gasteiger partial charge in [0, 0.05) is 12.7 Å². The molecule has 1 amide bonds. The third kappa shape index (κ3) is 2.69. The molecule has 2 N–H and O–H groups in total. The number of benzene rings is 1. The van der Waals surface area contributed by atoms with Gasteiger partial charge in [0.2, 0.25) is 5.91 Å². The lowest BCUT2D eigenvalue weighted by atomic mass is 9.88. The van der Waals surface area contributed by atoms with Gasteiger partial charge >= 0.3 is 0 Å². The zero-order valence-electron chi connectivity index (χ0n) is 13.4. The highest BCUT2D eigenvalue weighted by Crippen LogP contribution is 2.37. The average Bonchev–Trinajstić information content (AvgIpc) is 3.04. The smallest absolute Gasteiger partial charge is 0.240 e. The van der Waals surface area contributed by atoms with Crippen molar-refractivity contribution >= 4 is 5.91 Å². The number of carbonyl (C=O) groups is 1. The Hall–Kier alpha value is -2.27. The molecule has 2 atom stereocenters. The van der Waals surface area contributed by atoms with E-state index in [-0.39, 0.29) is 17.8 Å². The van der Waals surface area contributed by atoms with Crippen molar-refractivity contribution in [3.8, 4) is 11.1 Å². The molecule has 1 aromatic heterocycles. The summed E-state index contributed by atoms with van der Waals surface area (Å²) in [5.74, 6) is -0.123. The van der Waals surface area contributed by atoms with Crippen molar-refractivity contribution < 1.29 is 9.18 Å². The van der Waals surface area contributed by atoms with Crippen LogP contribution >= 0.6 is 0 Å². The van der Waals surface area contributed by atoms with Crippen LogP contribution in [0.25, 0.3) is 11.1 Å². The first-order valence-corrected chi connectivity index (χ1v) is 8.44. The van der Waals surface area contributed by atoms with Gasteiger partial charge in [-0.05, 0) is 61.1 Å². The summed E-state index contributed by atoms with van der Waals surface area (Å²) in [7, 11) is 0. The molecule has 0 aliphatic carbocycles. The Morgan fingerprint density at radius 3 is 2.75 bits per heavy atom. The van der Waals surface area contributed by atoms with Crippen LogP contribution in [-0.2, 0) is 4.79 Å². The maximum atomic E-state index is 13.1. The zero-order chi connectivity index (χ0) is 16.6. The third-order valence-electron chi connectivity index (χ3n) is 5.13. The number of rotatable bonds is 2. The van der Waals surface area contributed by atoms with Crippen molar-refractivity contribution in [2.45, 2.75) is 37.3 Å². The quantitative estimate of drug-likeness (QED) is 0.892. The molecule has 3 heterocycles. The molecule has 4 rings (SSSR count). The van der Waals surface area contributed by atoms with E-state index in [2.05, 4.69) is 15.6 Å². The summed E-state index contributed by atoms with van der Waals surface area (Å²) in [6.45, 7) is 0.769. The first kappa shape index (κ1) is 15.3. The summed E-state index contributed by atoms with van der Waals surface area (Å²) >= 11 is 0. The topological polar surface area (TPSA) is 54.0 Å². The van der Waals surface area contributed by atoms with E-state index < -0.39 is 5.54 Å². The fourth-order valence-electron chi connectivity index (χ4n) is 3.80. The third-order valence-corrected chi connectivity index (χ3v) is 5.13. The predicted molar refractivity (Wildman–Crippen MR) is 89.7 cm³/mol. The van der Waals surface area contributed by atoms with Crippen LogP contribution < -0.4 is 10.6 Å². The van der Waals surface area contributed by atoms with E-state index in [4.69, 9.17) is 0 Å². The number of amides is 1. The van der Waals surface area contributed by atoms with Crippen molar-refractivity contribution in [1.82, 2.24) is 15.6 Å². The maximum Gasteiger partial charge on any atom is 0.240 e. The van der Waals surface area contributed by atoms with Crippen LogP contribution in [0.1, 0.15) is 37.4 Å². The van der Waals surface area contributed by atoms with Crippen LogP contribution in [0, 0.1) is 5.82 Å². The second-order valence-electron chi connectivity index (χ2n) is 6.65. The Kier molecular flexibility index (Phi) is 3.81. The van der Waals surface area contributed by atoms with Gasteiger partial charge in [0.15, 0.2) is 0 Å². The molecule has 0 saturated carbocycles. The molecule has 2 saturated heterocycles. The minimum Gasteiger partial charge on any atom is -0.354 e. The first-order valence-electron chi connectivity index (χ1n) is 8.44. The number of pyridine rings is 1. The second-order valence-corrected chi connectivity index (χ2v) is 6.65. The fraction of sp³-hybridized carbons (Fsp3) is 0.368. The molecule has 4 nitrogen and oxygen atoms in total. The monoisotopic (exact) mass is 325 g/mol. The van der Waals surface area contributed by atoms with Crippen molar-refractivity contribution in [3.63, 3.8) is 0 Å². The van der Waals surface area contributed by atoms with Crippen molar-refractivity contribution in [1.29, 1.82) is 0 Å². The zero-order valence-corrected chi connectivity index (χ0v) is 13.4. The molecule has 0 bridgehead atoms. The summed E-state index contributed by atoms with van der Waals surface area (Å²) < 4.78 is 13.1.